The van der Waals surface area contributed by atoms with E-state index in [1.165, 1.54) is 0 Å². The molecule has 1 aliphatic heterocycles. The summed E-state index contributed by atoms with van der Waals surface area (Å²) in [5, 5.41) is 21.6. The molecule has 1 amide bonds. The third-order valence-corrected chi connectivity index (χ3v) is 6.03. The smallest absolute Gasteiger partial charge is 0.227 e. The summed E-state index contributed by atoms with van der Waals surface area (Å²) in [6, 6.07) is 14.9. The molecule has 2 aromatic carbocycles. The highest BCUT2D eigenvalue weighted by molar-refractivity contribution is 6.42. The van der Waals surface area contributed by atoms with Crippen LogP contribution in [-0.2, 0) is 17.6 Å². The SMILES string of the molecule is O=C(Cc1ccc(Cl)c(Cl)c1)N1CC[C@H](O)[C@](CO)(Cc2ccccc2)C1. The molecular weight excluding hydrogens is 385 g/mol. The molecule has 2 atom stereocenters. The molecule has 1 fully saturated rings. The molecule has 1 heterocycles. The van der Waals surface area contributed by atoms with Crippen molar-refractivity contribution in [2.24, 2.45) is 5.41 Å². The second kappa shape index (κ2) is 8.61. The zero-order valence-corrected chi connectivity index (χ0v) is 16.5. The fourth-order valence-corrected chi connectivity index (χ4v) is 4.01. The number of hydrogen-bond acceptors (Lipinski definition) is 3. The zero-order valence-electron chi connectivity index (χ0n) is 14.9. The maximum absolute atomic E-state index is 12.8. The van der Waals surface area contributed by atoms with Gasteiger partial charge in [-0.05, 0) is 36.1 Å². The first-order valence-corrected chi connectivity index (χ1v) is 9.74. The maximum atomic E-state index is 12.8. The first-order chi connectivity index (χ1) is 12.9. The van der Waals surface area contributed by atoms with Crippen LogP contribution in [0.25, 0.3) is 0 Å². The molecule has 144 valence electrons. The second-order valence-electron chi connectivity index (χ2n) is 7.23. The normalized spacial score (nSPS) is 22.7. The summed E-state index contributed by atoms with van der Waals surface area (Å²) in [4.78, 5) is 14.5. The standard InChI is InChI=1S/C21H23Cl2NO3/c22-17-7-6-16(10-18(17)23)11-20(27)24-9-8-19(26)21(13-24,14-25)12-15-4-2-1-3-5-15/h1-7,10,19,25-26H,8-9,11-14H2/t19-,21+/m0/s1. The molecule has 1 aliphatic rings. The molecule has 0 aliphatic carbocycles. The highest BCUT2D eigenvalue weighted by Crippen LogP contribution is 2.34. The van der Waals surface area contributed by atoms with Crippen LogP contribution in [0.1, 0.15) is 17.5 Å². The van der Waals surface area contributed by atoms with Crippen LogP contribution < -0.4 is 0 Å². The Labute approximate surface area is 169 Å². The van der Waals surface area contributed by atoms with Crippen molar-refractivity contribution in [3.63, 3.8) is 0 Å². The van der Waals surface area contributed by atoms with Crippen LogP contribution in [0.3, 0.4) is 0 Å². The van der Waals surface area contributed by atoms with E-state index in [2.05, 4.69) is 0 Å². The van der Waals surface area contributed by atoms with Crippen LogP contribution in [0, 0.1) is 5.41 Å². The summed E-state index contributed by atoms with van der Waals surface area (Å²) in [5.41, 5.74) is 1.06. The van der Waals surface area contributed by atoms with Crippen molar-refractivity contribution in [1.29, 1.82) is 0 Å². The van der Waals surface area contributed by atoms with E-state index in [0.29, 0.717) is 36.0 Å². The monoisotopic (exact) mass is 407 g/mol. The predicted octanol–water partition coefficient (Wildman–Crippen LogP) is 3.35. The number of amides is 1. The number of hydrogen-bond donors (Lipinski definition) is 2. The first-order valence-electron chi connectivity index (χ1n) is 8.98. The minimum absolute atomic E-state index is 0.0498. The van der Waals surface area contributed by atoms with E-state index in [9.17, 15) is 15.0 Å². The molecule has 0 bridgehead atoms. The predicted molar refractivity (Wildman–Crippen MR) is 107 cm³/mol. The van der Waals surface area contributed by atoms with Gasteiger partial charge in [-0.3, -0.25) is 4.79 Å². The highest BCUT2D eigenvalue weighted by atomic mass is 35.5. The molecule has 0 unspecified atom stereocenters. The molecule has 2 aromatic rings. The van der Waals surface area contributed by atoms with Gasteiger partial charge in [0.1, 0.15) is 0 Å². The van der Waals surface area contributed by atoms with Gasteiger partial charge in [-0.1, -0.05) is 59.6 Å². The van der Waals surface area contributed by atoms with Gasteiger partial charge in [0, 0.05) is 18.5 Å². The number of rotatable bonds is 5. The average Bonchev–Trinajstić information content (AvgIpc) is 2.67. The Balaban J connectivity index is 1.74. The van der Waals surface area contributed by atoms with Gasteiger partial charge >= 0.3 is 0 Å². The number of nitrogens with zero attached hydrogens (tertiary/aromatic N) is 1. The fourth-order valence-electron chi connectivity index (χ4n) is 3.69. The lowest BCUT2D eigenvalue weighted by atomic mass is 9.73. The van der Waals surface area contributed by atoms with Gasteiger partial charge in [0.05, 0.1) is 29.2 Å². The van der Waals surface area contributed by atoms with Crippen molar-refractivity contribution >= 4 is 29.1 Å². The van der Waals surface area contributed by atoms with E-state index in [1.807, 2.05) is 30.3 Å². The number of benzene rings is 2. The van der Waals surface area contributed by atoms with E-state index < -0.39 is 11.5 Å². The summed E-state index contributed by atoms with van der Waals surface area (Å²) in [5.74, 6) is -0.0498. The second-order valence-corrected chi connectivity index (χ2v) is 8.04. The first kappa shape index (κ1) is 20.2. The fraction of sp³-hybridized carbons (Fsp3) is 0.381. The Hall–Kier alpha value is -1.59. The summed E-state index contributed by atoms with van der Waals surface area (Å²) < 4.78 is 0. The summed E-state index contributed by atoms with van der Waals surface area (Å²) in [6.45, 7) is 0.608. The molecule has 0 aromatic heterocycles. The third kappa shape index (κ3) is 4.64. The molecule has 1 saturated heterocycles. The molecule has 4 nitrogen and oxygen atoms in total. The molecule has 27 heavy (non-hydrogen) atoms. The lowest BCUT2D eigenvalue weighted by Crippen LogP contribution is -2.56. The molecule has 3 rings (SSSR count). The third-order valence-electron chi connectivity index (χ3n) is 5.29. The maximum Gasteiger partial charge on any atom is 0.227 e. The van der Waals surface area contributed by atoms with Crippen LogP contribution in [0.15, 0.2) is 48.5 Å². The number of aliphatic hydroxyl groups is 2. The Morgan fingerprint density at radius 1 is 1.11 bits per heavy atom. The van der Waals surface area contributed by atoms with Crippen LogP contribution in [0.5, 0.6) is 0 Å². The summed E-state index contributed by atoms with van der Waals surface area (Å²) in [7, 11) is 0. The number of aliphatic hydroxyl groups excluding tert-OH is 2. The lowest BCUT2D eigenvalue weighted by molar-refractivity contribution is -0.141. The lowest BCUT2D eigenvalue weighted by Gasteiger charge is -2.45. The quantitative estimate of drug-likeness (QED) is 0.798. The van der Waals surface area contributed by atoms with Crippen LogP contribution >= 0.6 is 23.2 Å². The van der Waals surface area contributed by atoms with E-state index >= 15 is 0 Å². The molecule has 0 radical (unpaired) electrons. The van der Waals surface area contributed by atoms with Gasteiger partial charge in [-0.25, -0.2) is 0 Å². The molecule has 0 saturated carbocycles. The van der Waals surface area contributed by atoms with Crippen molar-refractivity contribution in [3.8, 4) is 0 Å². The van der Waals surface area contributed by atoms with E-state index in [4.69, 9.17) is 23.2 Å². The van der Waals surface area contributed by atoms with Crippen molar-refractivity contribution in [2.75, 3.05) is 19.7 Å². The van der Waals surface area contributed by atoms with Gasteiger partial charge in [-0.2, -0.15) is 0 Å². The van der Waals surface area contributed by atoms with Gasteiger partial charge in [0.2, 0.25) is 5.91 Å². The minimum Gasteiger partial charge on any atom is -0.396 e. The van der Waals surface area contributed by atoms with Crippen molar-refractivity contribution in [1.82, 2.24) is 4.90 Å². The summed E-state index contributed by atoms with van der Waals surface area (Å²) >= 11 is 12.0. The zero-order chi connectivity index (χ0) is 19.4. The summed E-state index contributed by atoms with van der Waals surface area (Å²) in [6.07, 6.45) is 0.513. The largest absolute Gasteiger partial charge is 0.396 e. The molecule has 6 heteroatoms. The van der Waals surface area contributed by atoms with Gasteiger partial charge in [-0.15, -0.1) is 0 Å². The number of piperidine rings is 1. The Morgan fingerprint density at radius 3 is 2.52 bits per heavy atom. The van der Waals surface area contributed by atoms with Crippen molar-refractivity contribution < 1.29 is 15.0 Å². The van der Waals surface area contributed by atoms with Gasteiger partial charge in [0.25, 0.3) is 0 Å². The van der Waals surface area contributed by atoms with Gasteiger partial charge < -0.3 is 15.1 Å². The Kier molecular flexibility index (Phi) is 6.43. The minimum atomic E-state index is -0.757. The van der Waals surface area contributed by atoms with E-state index in [0.717, 1.165) is 11.1 Å². The van der Waals surface area contributed by atoms with Crippen LogP contribution in [0.4, 0.5) is 0 Å². The Morgan fingerprint density at radius 2 is 1.85 bits per heavy atom. The topological polar surface area (TPSA) is 60.8 Å². The molecular formula is C21H23Cl2NO3. The highest BCUT2D eigenvalue weighted by Gasteiger charge is 2.43. The van der Waals surface area contributed by atoms with E-state index in [1.54, 1.807) is 23.1 Å². The van der Waals surface area contributed by atoms with Crippen molar-refractivity contribution in [3.05, 3.63) is 69.7 Å². The average molecular weight is 408 g/mol. The van der Waals surface area contributed by atoms with Crippen molar-refractivity contribution in [2.45, 2.75) is 25.4 Å². The van der Waals surface area contributed by atoms with Crippen LogP contribution in [0.2, 0.25) is 10.0 Å². The number of carbonyl (C=O) groups excluding carboxylic acids is 1. The van der Waals surface area contributed by atoms with Gasteiger partial charge in [0.15, 0.2) is 0 Å². The number of halogens is 2. The Bertz CT molecular complexity index is 799. The van der Waals surface area contributed by atoms with Crippen LogP contribution in [-0.4, -0.2) is 46.8 Å². The van der Waals surface area contributed by atoms with E-state index in [-0.39, 0.29) is 18.9 Å². The number of carbonyl (C=O) groups is 1. The molecule has 0 spiro atoms. The number of likely N-dealkylation sites (tertiary alicyclic amines) is 1. The molecule has 2 N–H and O–H groups in total.